The van der Waals surface area contributed by atoms with Gasteiger partial charge in [0.1, 0.15) is 11.6 Å². The summed E-state index contributed by atoms with van der Waals surface area (Å²) < 4.78 is 31.5. The van der Waals surface area contributed by atoms with Crippen LogP contribution in [0.3, 0.4) is 0 Å². The molecule has 2 atom stereocenters. The molecule has 1 aliphatic heterocycles. The zero-order chi connectivity index (χ0) is 10.8. The minimum atomic E-state index is -0.439. The van der Waals surface area contributed by atoms with E-state index in [2.05, 4.69) is 5.32 Å². The second kappa shape index (κ2) is 4.14. The van der Waals surface area contributed by atoms with Crippen LogP contribution in [0.5, 0.6) is 0 Å². The summed E-state index contributed by atoms with van der Waals surface area (Å²) in [5.74, 6) is -0.874. The fourth-order valence-electron chi connectivity index (χ4n) is 1.73. The maximum Gasteiger partial charge on any atom is 0.146 e. The molecule has 1 saturated heterocycles. The first kappa shape index (κ1) is 10.4. The van der Waals surface area contributed by atoms with Crippen molar-refractivity contribution in [3.8, 4) is 0 Å². The van der Waals surface area contributed by atoms with E-state index in [0.717, 1.165) is 18.6 Å². The Morgan fingerprint density at radius 2 is 2.20 bits per heavy atom. The maximum absolute atomic E-state index is 13.3. The molecule has 0 aromatic heterocycles. The topological polar surface area (TPSA) is 21.3 Å². The third kappa shape index (κ3) is 2.26. The van der Waals surface area contributed by atoms with Crippen molar-refractivity contribution in [2.75, 3.05) is 11.9 Å². The summed E-state index contributed by atoms with van der Waals surface area (Å²) in [6, 6.07) is 3.45. The lowest BCUT2D eigenvalue weighted by Crippen LogP contribution is -2.27. The van der Waals surface area contributed by atoms with Crippen LogP contribution in [-0.2, 0) is 4.74 Å². The molecule has 0 amide bonds. The third-order valence-electron chi connectivity index (χ3n) is 2.65. The van der Waals surface area contributed by atoms with Gasteiger partial charge >= 0.3 is 0 Å². The Kier molecular flexibility index (Phi) is 2.86. The maximum atomic E-state index is 13.3. The lowest BCUT2D eigenvalue weighted by Gasteiger charge is -2.17. The molecular formula is C11H13F2NO. The summed E-state index contributed by atoms with van der Waals surface area (Å²) in [5, 5.41) is 2.96. The highest BCUT2D eigenvalue weighted by molar-refractivity contribution is 5.46. The van der Waals surface area contributed by atoms with Gasteiger partial charge < -0.3 is 10.1 Å². The standard InChI is InChI=1S/C11H13F2NO/c1-7-10(4-5-15-7)14-11-6-8(12)2-3-9(11)13/h2-3,6-7,10,14H,4-5H2,1H3. The minimum absolute atomic E-state index is 0.0349. The van der Waals surface area contributed by atoms with E-state index in [9.17, 15) is 8.78 Å². The van der Waals surface area contributed by atoms with Crippen LogP contribution < -0.4 is 5.32 Å². The van der Waals surface area contributed by atoms with Crippen LogP contribution in [-0.4, -0.2) is 18.8 Å². The highest BCUT2D eigenvalue weighted by Crippen LogP contribution is 2.21. The van der Waals surface area contributed by atoms with Crippen LogP contribution in [0.25, 0.3) is 0 Å². The third-order valence-corrected chi connectivity index (χ3v) is 2.65. The molecule has 4 heteroatoms. The largest absolute Gasteiger partial charge is 0.377 e. The highest BCUT2D eigenvalue weighted by Gasteiger charge is 2.24. The van der Waals surface area contributed by atoms with E-state index >= 15 is 0 Å². The molecule has 1 aliphatic rings. The highest BCUT2D eigenvalue weighted by atomic mass is 19.1. The summed E-state index contributed by atoms with van der Waals surface area (Å²) in [7, 11) is 0. The van der Waals surface area contributed by atoms with E-state index in [1.54, 1.807) is 0 Å². The van der Waals surface area contributed by atoms with Crippen molar-refractivity contribution in [2.24, 2.45) is 0 Å². The summed E-state index contributed by atoms with van der Waals surface area (Å²) in [6.45, 7) is 2.58. The average Bonchev–Trinajstić information content (AvgIpc) is 2.58. The van der Waals surface area contributed by atoms with Gasteiger partial charge in [-0.15, -0.1) is 0 Å². The van der Waals surface area contributed by atoms with Gasteiger partial charge in [-0.3, -0.25) is 0 Å². The molecule has 2 nitrogen and oxygen atoms in total. The zero-order valence-corrected chi connectivity index (χ0v) is 8.47. The molecule has 2 unspecified atom stereocenters. The summed E-state index contributed by atoms with van der Waals surface area (Å²) >= 11 is 0. The molecule has 1 fully saturated rings. The fourth-order valence-corrected chi connectivity index (χ4v) is 1.73. The quantitative estimate of drug-likeness (QED) is 0.815. The molecular weight excluding hydrogens is 200 g/mol. The smallest absolute Gasteiger partial charge is 0.146 e. The molecule has 0 spiro atoms. The molecule has 1 heterocycles. The van der Waals surface area contributed by atoms with Crippen molar-refractivity contribution in [1.82, 2.24) is 0 Å². The SMILES string of the molecule is CC1OCCC1Nc1cc(F)ccc1F. The average molecular weight is 213 g/mol. The van der Waals surface area contributed by atoms with Gasteiger partial charge in [-0.25, -0.2) is 8.78 Å². The molecule has 1 N–H and O–H groups in total. The van der Waals surface area contributed by atoms with Crippen molar-refractivity contribution in [1.29, 1.82) is 0 Å². The summed E-state index contributed by atoms with van der Waals surface area (Å²) in [5.41, 5.74) is 0.206. The fraction of sp³-hybridized carbons (Fsp3) is 0.455. The van der Waals surface area contributed by atoms with E-state index in [0.29, 0.717) is 6.61 Å². The van der Waals surface area contributed by atoms with Crippen molar-refractivity contribution in [3.63, 3.8) is 0 Å². The lowest BCUT2D eigenvalue weighted by molar-refractivity contribution is 0.121. The summed E-state index contributed by atoms with van der Waals surface area (Å²) in [6.07, 6.45) is 0.851. The first-order valence-corrected chi connectivity index (χ1v) is 5.00. The van der Waals surface area contributed by atoms with Crippen molar-refractivity contribution in [3.05, 3.63) is 29.8 Å². The van der Waals surface area contributed by atoms with Gasteiger partial charge in [-0.2, -0.15) is 0 Å². The van der Waals surface area contributed by atoms with Gasteiger partial charge in [0, 0.05) is 6.61 Å². The van der Waals surface area contributed by atoms with Crippen molar-refractivity contribution in [2.45, 2.75) is 25.5 Å². The Balaban J connectivity index is 2.12. The second-order valence-corrected chi connectivity index (χ2v) is 3.74. The number of ether oxygens (including phenoxy) is 1. The van der Waals surface area contributed by atoms with E-state index < -0.39 is 11.6 Å². The number of benzene rings is 1. The molecule has 1 aromatic rings. The molecule has 82 valence electrons. The van der Waals surface area contributed by atoms with E-state index in [1.807, 2.05) is 6.92 Å². The first-order chi connectivity index (χ1) is 7.16. The summed E-state index contributed by atoms with van der Waals surface area (Å²) in [4.78, 5) is 0. The number of nitrogens with one attached hydrogen (secondary N) is 1. The number of halogens is 2. The van der Waals surface area contributed by atoms with Crippen LogP contribution in [0, 0.1) is 11.6 Å². The van der Waals surface area contributed by atoms with Crippen LogP contribution in [0.2, 0.25) is 0 Å². The molecule has 1 aromatic carbocycles. The number of rotatable bonds is 2. The molecule has 0 saturated carbocycles. The van der Waals surface area contributed by atoms with Gasteiger partial charge in [0.05, 0.1) is 17.8 Å². The van der Waals surface area contributed by atoms with Gasteiger partial charge in [-0.1, -0.05) is 0 Å². The first-order valence-electron chi connectivity index (χ1n) is 5.00. The van der Waals surface area contributed by atoms with Gasteiger partial charge in [0.15, 0.2) is 0 Å². The van der Waals surface area contributed by atoms with Crippen LogP contribution in [0.4, 0.5) is 14.5 Å². The van der Waals surface area contributed by atoms with E-state index in [1.165, 1.54) is 6.07 Å². The zero-order valence-electron chi connectivity index (χ0n) is 8.47. The van der Waals surface area contributed by atoms with E-state index in [-0.39, 0.29) is 17.8 Å². The van der Waals surface area contributed by atoms with Crippen molar-refractivity contribution < 1.29 is 13.5 Å². The number of hydrogen-bond acceptors (Lipinski definition) is 2. The molecule has 0 bridgehead atoms. The Bertz CT molecular complexity index is 356. The predicted molar refractivity (Wildman–Crippen MR) is 53.8 cm³/mol. The van der Waals surface area contributed by atoms with Crippen molar-refractivity contribution >= 4 is 5.69 Å². The van der Waals surface area contributed by atoms with Gasteiger partial charge in [0.25, 0.3) is 0 Å². The molecule has 0 radical (unpaired) electrons. The van der Waals surface area contributed by atoms with Gasteiger partial charge in [-0.05, 0) is 31.5 Å². The Hall–Kier alpha value is -1.16. The molecule has 15 heavy (non-hydrogen) atoms. The predicted octanol–water partition coefficient (Wildman–Crippen LogP) is 2.55. The van der Waals surface area contributed by atoms with Crippen LogP contribution >= 0.6 is 0 Å². The number of hydrogen-bond donors (Lipinski definition) is 1. The molecule has 2 rings (SSSR count). The van der Waals surface area contributed by atoms with Crippen LogP contribution in [0.1, 0.15) is 13.3 Å². The van der Waals surface area contributed by atoms with Crippen LogP contribution in [0.15, 0.2) is 18.2 Å². The Labute approximate surface area is 87.2 Å². The Morgan fingerprint density at radius 1 is 1.40 bits per heavy atom. The van der Waals surface area contributed by atoms with Gasteiger partial charge in [0.2, 0.25) is 0 Å². The van der Waals surface area contributed by atoms with E-state index in [4.69, 9.17) is 4.74 Å². The number of anilines is 1. The second-order valence-electron chi connectivity index (χ2n) is 3.74. The normalized spacial score (nSPS) is 25.5. The monoisotopic (exact) mass is 213 g/mol. The molecule has 0 aliphatic carbocycles. The lowest BCUT2D eigenvalue weighted by atomic mass is 10.1. The Morgan fingerprint density at radius 3 is 2.87 bits per heavy atom. The minimum Gasteiger partial charge on any atom is -0.377 e.